The number of methoxy groups -OCH3 is 2. The number of aromatic carboxylic acids is 1. The van der Waals surface area contributed by atoms with E-state index in [1.54, 1.807) is 45.2 Å². The summed E-state index contributed by atoms with van der Waals surface area (Å²) in [6, 6.07) is 12.2. The van der Waals surface area contributed by atoms with Crippen molar-refractivity contribution >= 4 is 11.9 Å². The Morgan fingerprint density at radius 2 is 1.77 bits per heavy atom. The lowest BCUT2D eigenvalue weighted by Gasteiger charge is -2.32. The first kappa shape index (κ1) is 21.2. The zero-order chi connectivity index (χ0) is 21.9. The van der Waals surface area contributed by atoms with Crippen LogP contribution >= 0.6 is 0 Å². The van der Waals surface area contributed by atoms with E-state index in [9.17, 15) is 14.7 Å². The van der Waals surface area contributed by atoms with Crippen LogP contribution in [0.5, 0.6) is 11.5 Å². The van der Waals surface area contributed by atoms with E-state index in [0.29, 0.717) is 22.8 Å². The van der Waals surface area contributed by atoms with E-state index in [2.05, 4.69) is 0 Å². The molecule has 2 aromatic rings. The summed E-state index contributed by atoms with van der Waals surface area (Å²) in [6.07, 6.45) is 1.53. The number of hydrogen-bond acceptors (Lipinski definition) is 6. The van der Waals surface area contributed by atoms with Gasteiger partial charge in [0.05, 0.1) is 25.9 Å². The summed E-state index contributed by atoms with van der Waals surface area (Å²) < 4.78 is 21.7. The van der Waals surface area contributed by atoms with Gasteiger partial charge in [-0.3, -0.25) is 0 Å². The van der Waals surface area contributed by atoms with E-state index < -0.39 is 23.6 Å². The topological polar surface area (TPSA) is 91.3 Å². The first-order chi connectivity index (χ1) is 14.2. The molecule has 0 aromatic heterocycles. The molecule has 1 aliphatic heterocycles. The number of hydrogen-bond donors (Lipinski definition) is 1. The summed E-state index contributed by atoms with van der Waals surface area (Å²) in [5.41, 5.74) is 1.44. The molecule has 0 radical (unpaired) electrons. The number of cyclic esters (lactones) is 1. The molecule has 1 unspecified atom stereocenters. The first-order valence-electron chi connectivity index (χ1n) is 9.40. The Bertz CT molecular complexity index is 974. The van der Waals surface area contributed by atoms with Gasteiger partial charge >= 0.3 is 11.9 Å². The highest BCUT2D eigenvalue weighted by Crippen LogP contribution is 2.41. The zero-order valence-electron chi connectivity index (χ0n) is 17.3. The van der Waals surface area contributed by atoms with Crippen molar-refractivity contribution in [3.63, 3.8) is 0 Å². The molecule has 2 aromatic carbocycles. The number of carboxylic acids is 1. The molecule has 0 saturated carbocycles. The molecule has 0 amide bonds. The average molecular weight is 412 g/mol. The molecule has 1 aliphatic rings. The van der Waals surface area contributed by atoms with Crippen molar-refractivity contribution in [3.8, 4) is 11.5 Å². The summed E-state index contributed by atoms with van der Waals surface area (Å²) in [7, 11) is 3.07. The van der Waals surface area contributed by atoms with Crippen molar-refractivity contribution < 1.29 is 33.6 Å². The second kappa shape index (κ2) is 8.49. The van der Waals surface area contributed by atoms with E-state index in [-0.39, 0.29) is 12.0 Å². The Labute approximate surface area is 174 Å². The molecule has 30 heavy (non-hydrogen) atoms. The van der Waals surface area contributed by atoms with Crippen LogP contribution in [0.2, 0.25) is 0 Å². The van der Waals surface area contributed by atoms with Crippen LogP contribution in [-0.2, 0) is 14.3 Å². The number of benzene rings is 2. The molecule has 0 spiro atoms. The molecule has 0 aliphatic carbocycles. The number of allylic oxidation sites excluding steroid dienone is 1. The minimum Gasteiger partial charge on any atom is -0.497 e. The van der Waals surface area contributed by atoms with Crippen LogP contribution < -0.4 is 9.47 Å². The van der Waals surface area contributed by atoms with E-state index in [1.165, 1.54) is 19.3 Å². The van der Waals surface area contributed by atoms with Gasteiger partial charge in [-0.15, -0.1) is 0 Å². The number of rotatable bonds is 7. The molecular formula is C23H24O7. The van der Waals surface area contributed by atoms with Gasteiger partial charge in [0.2, 0.25) is 5.79 Å². The lowest BCUT2D eigenvalue weighted by Crippen LogP contribution is -2.34. The van der Waals surface area contributed by atoms with Crippen molar-refractivity contribution in [2.24, 2.45) is 0 Å². The fourth-order valence-corrected chi connectivity index (χ4v) is 3.56. The highest BCUT2D eigenvalue weighted by Gasteiger charge is 2.33. The number of carboxylic acid groups (broad SMARTS) is 1. The highest BCUT2D eigenvalue weighted by molar-refractivity contribution is 5.91. The van der Waals surface area contributed by atoms with Gasteiger partial charge in [0.15, 0.2) is 0 Å². The molecule has 1 heterocycles. The van der Waals surface area contributed by atoms with Crippen molar-refractivity contribution in [3.05, 3.63) is 71.0 Å². The Kier molecular flexibility index (Phi) is 6.01. The molecule has 0 saturated heterocycles. The van der Waals surface area contributed by atoms with Crippen molar-refractivity contribution in [1.82, 2.24) is 0 Å². The molecule has 1 N–H and O–H groups in total. The van der Waals surface area contributed by atoms with Gasteiger partial charge in [0.1, 0.15) is 17.3 Å². The van der Waals surface area contributed by atoms with E-state index >= 15 is 0 Å². The summed E-state index contributed by atoms with van der Waals surface area (Å²) in [5.74, 6) is -1.62. The zero-order valence-corrected chi connectivity index (χ0v) is 17.3. The van der Waals surface area contributed by atoms with Crippen LogP contribution in [-0.4, -0.2) is 37.1 Å². The lowest BCUT2D eigenvalue weighted by atomic mass is 9.84. The molecule has 158 valence electrons. The minimum atomic E-state index is -1.11. The second-order valence-corrected chi connectivity index (χ2v) is 7.29. The molecular weight excluding hydrogens is 388 g/mol. The molecule has 7 nitrogen and oxygen atoms in total. The van der Waals surface area contributed by atoms with E-state index in [1.807, 2.05) is 12.1 Å². The van der Waals surface area contributed by atoms with Gasteiger partial charge in [-0.1, -0.05) is 18.2 Å². The van der Waals surface area contributed by atoms with Crippen LogP contribution in [0.25, 0.3) is 0 Å². The third-order valence-electron chi connectivity index (χ3n) is 4.79. The summed E-state index contributed by atoms with van der Waals surface area (Å²) >= 11 is 0. The number of carbonyl (C=O) groups excluding carboxylic acids is 1. The first-order valence-corrected chi connectivity index (χ1v) is 9.40. The van der Waals surface area contributed by atoms with Crippen LogP contribution in [0.4, 0.5) is 0 Å². The van der Waals surface area contributed by atoms with E-state index in [0.717, 1.165) is 5.56 Å². The molecule has 3 rings (SSSR count). The minimum absolute atomic E-state index is 0.119. The number of ether oxygens (including phenoxy) is 4. The SMILES string of the molecule is COc1ccc(C(CC2=CC(=O)OC(C)(C)O2)c2c(OC)cccc2C(=O)O)cc1. The van der Waals surface area contributed by atoms with Gasteiger partial charge in [0.25, 0.3) is 0 Å². The number of esters is 1. The maximum Gasteiger partial charge on any atom is 0.337 e. The monoisotopic (exact) mass is 412 g/mol. The fraction of sp³-hybridized carbons (Fsp3) is 0.304. The quantitative estimate of drug-likeness (QED) is 0.684. The maximum absolute atomic E-state index is 12.0. The molecule has 0 fully saturated rings. The smallest absolute Gasteiger partial charge is 0.337 e. The summed E-state index contributed by atoms with van der Waals surface area (Å²) in [6.45, 7) is 3.29. The maximum atomic E-state index is 12.0. The number of carbonyl (C=O) groups is 2. The summed E-state index contributed by atoms with van der Waals surface area (Å²) in [4.78, 5) is 24.0. The molecule has 7 heteroatoms. The fourth-order valence-electron chi connectivity index (χ4n) is 3.56. The van der Waals surface area contributed by atoms with Gasteiger partial charge in [-0.2, -0.15) is 0 Å². The Hall–Kier alpha value is -3.48. The van der Waals surface area contributed by atoms with Crippen molar-refractivity contribution in [2.45, 2.75) is 32.0 Å². The Morgan fingerprint density at radius 1 is 1.07 bits per heavy atom. The van der Waals surface area contributed by atoms with Crippen LogP contribution in [0, 0.1) is 0 Å². The highest BCUT2D eigenvalue weighted by atomic mass is 16.7. The third-order valence-corrected chi connectivity index (χ3v) is 4.79. The van der Waals surface area contributed by atoms with Gasteiger partial charge < -0.3 is 24.1 Å². The third kappa shape index (κ3) is 4.56. The van der Waals surface area contributed by atoms with Crippen molar-refractivity contribution in [2.75, 3.05) is 14.2 Å². The molecule has 1 atom stereocenters. The van der Waals surface area contributed by atoms with Crippen LogP contribution in [0.3, 0.4) is 0 Å². The second-order valence-electron chi connectivity index (χ2n) is 7.29. The van der Waals surface area contributed by atoms with E-state index in [4.69, 9.17) is 18.9 Å². The Morgan fingerprint density at radius 3 is 2.33 bits per heavy atom. The van der Waals surface area contributed by atoms with Crippen LogP contribution in [0.1, 0.15) is 47.7 Å². The van der Waals surface area contributed by atoms with Crippen molar-refractivity contribution in [1.29, 1.82) is 0 Å². The molecule has 0 bridgehead atoms. The summed E-state index contributed by atoms with van der Waals surface area (Å²) in [5, 5.41) is 9.80. The van der Waals surface area contributed by atoms with Gasteiger partial charge in [0, 0.05) is 31.7 Å². The van der Waals surface area contributed by atoms with Gasteiger partial charge in [-0.05, 0) is 29.8 Å². The largest absolute Gasteiger partial charge is 0.497 e. The Balaban J connectivity index is 2.14. The standard InChI is InChI=1S/C23H24O7/c1-23(2)29-16(13-20(24)30-23)12-18(14-8-10-15(27-3)11-9-14)21-17(22(25)26)6-5-7-19(21)28-4/h5-11,13,18H,12H2,1-4H3,(H,25,26). The average Bonchev–Trinajstić information content (AvgIpc) is 2.70. The predicted octanol–water partition coefficient (Wildman–Crippen LogP) is 4.12. The van der Waals surface area contributed by atoms with Gasteiger partial charge in [-0.25, -0.2) is 9.59 Å². The predicted molar refractivity (Wildman–Crippen MR) is 109 cm³/mol. The van der Waals surface area contributed by atoms with Crippen LogP contribution in [0.15, 0.2) is 54.3 Å². The normalized spacial score (nSPS) is 16.0. The lowest BCUT2D eigenvalue weighted by molar-refractivity contribution is -0.206.